The molecule has 2 rings (SSSR count). The molecule has 0 amide bonds. The van der Waals surface area contributed by atoms with Gasteiger partial charge >= 0.3 is 5.69 Å². The minimum absolute atomic E-state index is 0.308. The zero-order valence-corrected chi connectivity index (χ0v) is 10.1. The average Bonchev–Trinajstić information content (AvgIpc) is 2.37. The molecule has 92 valence electrons. The van der Waals surface area contributed by atoms with E-state index in [2.05, 4.69) is 0 Å². The van der Waals surface area contributed by atoms with Crippen LogP contribution in [0.15, 0.2) is 46.1 Å². The van der Waals surface area contributed by atoms with Gasteiger partial charge < -0.3 is 4.57 Å². The summed E-state index contributed by atoms with van der Waals surface area (Å²) in [5.74, 6) is -0.607. The molecule has 0 aliphatic carbocycles. The summed E-state index contributed by atoms with van der Waals surface area (Å²) in [6, 6.07) is 8.25. The van der Waals surface area contributed by atoms with E-state index in [4.69, 9.17) is 0 Å². The van der Waals surface area contributed by atoms with Gasteiger partial charge in [0.05, 0.1) is 0 Å². The molecule has 0 N–H and O–H groups in total. The lowest BCUT2D eigenvalue weighted by atomic mass is 10.2. The summed E-state index contributed by atoms with van der Waals surface area (Å²) >= 11 is 0. The van der Waals surface area contributed by atoms with E-state index in [0.717, 1.165) is 0 Å². The van der Waals surface area contributed by atoms with Crippen molar-refractivity contribution in [2.75, 3.05) is 0 Å². The molecule has 0 atom stereocenters. The quantitative estimate of drug-likeness (QED) is 0.735. The van der Waals surface area contributed by atoms with Gasteiger partial charge in [-0.05, 0) is 19.1 Å². The van der Waals surface area contributed by atoms with E-state index in [1.165, 1.54) is 17.8 Å². The standard InChI is InChI=1S/C13H12N2O3/c1-9-8-14(2)13(18)15(11(9)16)12(17)10-6-4-3-5-7-10/h3-8H,1-2H3. The van der Waals surface area contributed by atoms with E-state index in [1.807, 2.05) is 0 Å². The van der Waals surface area contributed by atoms with Crippen molar-refractivity contribution in [3.05, 3.63) is 68.5 Å². The number of carbonyl (C=O) groups is 1. The van der Waals surface area contributed by atoms with Crippen molar-refractivity contribution in [2.45, 2.75) is 6.92 Å². The Morgan fingerprint density at radius 3 is 2.33 bits per heavy atom. The first-order valence-electron chi connectivity index (χ1n) is 5.41. The SMILES string of the molecule is Cc1cn(C)c(=O)n(C(=O)c2ccccc2)c1=O. The molecule has 0 saturated carbocycles. The van der Waals surface area contributed by atoms with Gasteiger partial charge in [0, 0.05) is 24.4 Å². The number of rotatable bonds is 1. The fourth-order valence-corrected chi connectivity index (χ4v) is 1.71. The number of nitrogens with zero attached hydrogens (tertiary/aromatic N) is 2. The number of hydrogen-bond donors (Lipinski definition) is 0. The zero-order chi connectivity index (χ0) is 13.3. The Bertz CT molecular complexity index is 677. The first-order chi connectivity index (χ1) is 8.52. The van der Waals surface area contributed by atoms with Crippen molar-refractivity contribution in [1.29, 1.82) is 0 Å². The lowest BCUT2D eigenvalue weighted by molar-refractivity contribution is 0.0948. The summed E-state index contributed by atoms with van der Waals surface area (Å²) in [6.07, 6.45) is 1.42. The Labute approximate surface area is 103 Å². The van der Waals surface area contributed by atoms with Crippen LogP contribution in [0.25, 0.3) is 0 Å². The number of hydrogen-bond acceptors (Lipinski definition) is 3. The van der Waals surface area contributed by atoms with Gasteiger partial charge in [-0.15, -0.1) is 0 Å². The zero-order valence-electron chi connectivity index (χ0n) is 10.1. The van der Waals surface area contributed by atoms with Crippen LogP contribution in [0.1, 0.15) is 15.9 Å². The van der Waals surface area contributed by atoms with E-state index in [1.54, 1.807) is 37.3 Å². The summed E-state index contributed by atoms with van der Waals surface area (Å²) < 4.78 is 1.88. The maximum absolute atomic E-state index is 12.1. The molecule has 0 radical (unpaired) electrons. The van der Waals surface area contributed by atoms with Crippen molar-refractivity contribution in [1.82, 2.24) is 9.13 Å². The molecule has 5 heteroatoms. The van der Waals surface area contributed by atoms with E-state index in [9.17, 15) is 14.4 Å². The van der Waals surface area contributed by atoms with Crippen LogP contribution in [0.2, 0.25) is 0 Å². The third-order valence-corrected chi connectivity index (χ3v) is 2.64. The molecule has 5 nitrogen and oxygen atoms in total. The van der Waals surface area contributed by atoms with Gasteiger partial charge in [0.2, 0.25) is 0 Å². The molecule has 0 aliphatic heterocycles. The maximum Gasteiger partial charge on any atom is 0.337 e. The molecular formula is C13H12N2O3. The summed E-state index contributed by atoms with van der Waals surface area (Å²) in [5.41, 5.74) is -0.560. The summed E-state index contributed by atoms with van der Waals surface area (Å²) in [6.45, 7) is 1.57. The molecule has 0 spiro atoms. The molecule has 2 aromatic rings. The molecule has 18 heavy (non-hydrogen) atoms. The molecule has 0 fully saturated rings. The summed E-state index contributed by atoms with van der Waals surface area (Å²) in [7, 11) is 1.50. The van der Waals surface area contributed by atoms with Crippen molar-refractivity contribution in [2.24, 2.45) is 7.05 Å². The lowest BCUT2D eigenvalue weighted by Crippen LogP contribution is -2.43. The van der Waals surface area contributed by atoms with Crippen molar-refractivity contribution in [3.8, 4) is 0 Å². The normalized spacial score (nSPS) is 10.3. The topological polar surface area (TPSA) is 61.1 Å². The second-order valence-electron chi connectivity index (χ2n) is 4.02. The van der Waals surface area contributed by atoms with Crippen LogP contribution in [-0.4, -0.2) is 15.0 Å². The fourth-order valence-electron chi connectivity index (χ4n) is 1.71. The van der Waals surface area contributed by atoms with E-state index >= 15 is 0 Å². The van der Waals surface area contributed by atoms with Gasteiger partial charge in [-0.1, -0.05) is 18.2 Å². The molecule has 1 heterocycles. The van der Waals surface area contributed by atoms with Crippen LogP contribution in [0, 0.1) is 6.92 Å². The number of carbonyl (C=O) groups excluding carboxylic acids is 1. The third kappa shape index (κ3) is 1.90. The monoisotopic (exact) mass is 244 g/mol. The molecule has 0 aliphatic rings. The summed E-state index contributed by atoms with van der Waals surface area (Å²) in [5, 5.41) is 0. The molecule has 0 bridgehead atoms. The van der Waals surface area contributed by atoms with Crippen molar-refractivity contribution in [3.63, 3.8) is 0 Å². The molecule has 1 aromatic heterocycles. The first-order valence-corrected chi connectivity index (χ1v) is 5.41. The van der Waals surface area contributed by atoms with Gasteiger partial charge in [0.25, 0.3) is 11.5 Å². The van der Waals surface area contributed by atoms with Crippen molar-refractivity contribution >= 4 is 5.91 Å². The molecule has 0 saturated heterocycles. The van der Waals surface area contributed by atoms with Crippen LogP contribution in [0.4, 0.5) is 0 Å². The van der Waals surface area contributed by atoms with Crippen molar-refractivity contribution < 1.29 is 4.79 Å². The average molecular weight is 244 g/mol. The Kier molecular flexibility index (Phi) is 2.97. The highest BCUT2D eigenvalue weighted by atomic mass is 16.2. The van der Waals surface area contributed by atoms with E-state index in [0.29, 0.717) is 15.7 Å². The van der Waals surface area contributed by atoms with Gasteiger partial charge in [0.1, 0.15) is 0 Å². The molecule has 0 unspecified atom stereocenters. The Morgan fingerprint density at radius 1 is 1.11 bits per heavy atom. The van der Waals surface area contributed by atoms with Gasteiger partial charge in [0.15, 0.2) is 0 Å². The fraction of sp³-hybridized carbons (Fsp3) is 0.154. The van der Waals surface area contributed by atoms with E-state index in [-0.39, 0.29) is 0 Å². The van der Waals surface area contributed by atoms with Crippen LogP contribution in [-0.2, 0) is 7.05 Å². The largest absolute Gasteiger partial charge is 0.337 e. The van der Waals surface area contributed by atoms with E-state index < -0.39 is 17.2 Å². The Hall–Kier alpha value is -2.43. The maximum atomic E-state index is 12.1. The predicted octanol–water partition coefficient (Wildman–Crippen LogP) is 0.544. The Balaban J connectivity index is 2.70. The van der Waals surface area contributed by atoms with Crippen LogP contribution in [0.5, 0.6) is 0 Å². The van der Waals surface area contributed by atoms with Crippen LogP contribution >= 0.6 is 0 Å². The van der Waals surface area contributed by atoms with Crippen LogP contribution < -0.4 is 11.2 Å². The summed E-state index contributed by atoms with van der Waals surface area (Å²) in [4.78, 5) is 35.9. The first kappa shape index (κ1) is 12.0. The number of benzene rings is 1. The third-order valence-electron chi connectivity index (χ3n) is 2.64. The number of aromatic nitrogens is 2. The number of aryl methyl sites for hydroxylation is 2. The van der Waals surface area contributed by atoms with Gasteiger partial charge in [-0.25, -0.2) is 4.79 Å². The highest BCUT2D eigenvalue weighted by molar-refractivity contribution is 5.95. The van der Waals surface area contributed by atoms with Gasteiger partial charge in [-0.3, -0.25) is 9.59 Å². The second-order valence-corrected chi connectivity index (χ2v) is 4.02. The minimum atomic E-state index is -0.639. The lowest BCUT2D eigenvalue weighted by Gasteiger charge is -2.07. The van der Waals surface area contributed by atoms with Crippen LogP contribution in [0.3, 0.4) is 0 Å². The van der Waals surface area contributed by atoms with Gasteiger partial charge in [-0.2, -0.15) is 4.57 Å². The molecular weight excluding hydrogens is 232 g/mol. The Morgan fingerprint density at radius 2 is 1.72 bits per heavy atom. The highest BCUT2D eigenvalue weighted by Crippen LogP contribution is 1.99. The smallest absolute Gasteiger partial charge is 0.303 e. The molecule has 1 aromatic carbocycles. The highest BCUT2D eigenvalue weighted by Gasteiger charge is 2.15. The minimum Gasteiger partial charge on any atom is -0.303 e. The predicted molar refractivity (Wildman–Crippen MR) is 66.9 cm³/mol. The second kappa shape index (κ2) is 4.44.